The van der Waals surface area contributed by atoms with Gasteiger partial charge < -0.3 is 9.47 Å². The fourth-order valence-corrected chi connectivity index (χ4v) is 5.26. The van der Waals surface area contributed by atoms with Crippen molar-refractivity contribution in [2.75, 3.05) is 18.0 Å². The molecule has 4 heterocycles. The average Bonchev–Trinajstić information content (AvgIpc) is 3.45. The van der Waals surface area contributed by atoms with Gasteiger partial charge in [0.05, 0.1) is 11.7 Å². The van der Waals surface area contributed by atoms with E-state index < -0.39 is 5.41 Å². The van der Waals surface area contributed by atoms with Crippen molar-refractivity contribution in [2.24, 2.45) is 5.41 Å². The summed E-state index contributed by atoms with van der Waals surface area (Å²) in [6.45, 7) is 9.21. The molecule has 2 aromatic heterocycles. The minimum Gasteiger partial charge on any atom is -0.328 e. The molecule has 5 rings (SSSR count). The monoisotopic (exact) mass is 468 g/mol. The molecular formula is C23H25FN6O2S. The van der Waals surface area contributed by atoms with Gasteiger partial charge in [-0.1, -0.05) is 13.8 Å². The summed E-state index contributed by atoms with van der Waals surface area (Å²) in [6, 6.07) is 5.24. The van der Waals surface area contributed by atoms with Gasteiger partial charge in [0, 0.05) is 30.6 Å². The first-order valence-corrected chi connectivity index (χ1v) is 11.7. The van der Waals surface area contributed by atoms with Gasteiger partial charge in [-0.05, 0) is 56.1 Å². The number of rotatable bonds is 3. The number of aryl methyl sites for hydroxylation is 1. The van der Waals surface area contributed by atoms with Crippen LogP contribution >= 0.6 is 11.5 Å². The van der Waals surface area contributed by atoms with Crippen molar-refractivity contribution in [2.45, 2.75) is 46.7 Å². The Morgan fingerprint density at radius 3 is 2.48 bits per heavy atom. The van der Waals surface area contributed by atoms with Crippen LogP contribution in [0.25, 0.3) is 10.8 Å². The number of halogens is 1. The van der Waals surface area contributed by atoms with Crippen LogP contribution in [0, 0.1) is 18.2 Å². The van der Waals surface area contributed by atoms with Crippen molar-refractivity contribution in [3.8, 4) is 10.8 Å². The Morgan fingerprint density at radius 2 is 1.88 bits per heavy atom. The van der Waals surface area contributed by atoms with Crippen LogP contribution in [0.4, 0.5) is 10.2 Å². The molecule has 0 saturated carbocycles. The van der Waals surface area contributed by atoms with E-state index >= 15 is 0 Å². The summed E-state index contributed by atoms with van der Waals surface area (Å²) in [5.41, 5.74) is 0.777. The first kappa shape index (κ1) is 21.7. The Hall–Kier alpha value is -3.14. The van der Waals surface area contributed by atoms with Crippen LogP contribution < -0.4 is 4.90 Å². The number of carbonyl (C=O) groups is 2. The molecule has 1 atom stereocenters. The fourth-order valence-electron chi connectivity index (χ4n) is 4.59. The molecular weight excluding hydrogens is 443 g/mol. The zero-order valence-electron chi connectivity index (χ0n) is 19.0. The second kappa shape index (κ2) is 7.72. The molecule has 1 aromatic carbocycles. The molecule has 0 aliphatic carbocycles. The summed E-state index contributed by atoms with van der Waals surface area (Å²) in [7, 11) is 0. The van der Waals surface area contributed by atoms with Crippen LogP contribution in [0.5, 0.6) is 0 Å². The van der Waals surface area contributed by atoms with Gasteiger partial charge in [0.15, 0.2) is 16.6 Å². The number of anilines is 1. The number of amides is 2. The molecule has 0 bridgehead atoms. The minimum atomic E-state index is -0.461. The van der Waals surface area contributed by atoms with E-state index in [9.17, 15) is 14.0 Å². The average molecular weight is 469 g/mol. The maximum absolute atomic E-state index is 13.4. The summed E-state index contributed by atoms with van der Waals surface area (Å²) >= 11 is 1.27. The van der Waals surface area contributed by atoms with Crippen molar-refractivity contribution in [3.63, 3.8) is 0 Å². The molecule has 0 radical (unpaired) electrons. The highest BCUT2D eigenvalue weighted by molar-refractivity contribution is 7.09. The van der Waals surface area contributed by atoms with Gasteiger partial charge in [0.2, 0.25) is 5.91 Å². The number of aromatic nitrogens is 4. The maximum Gasteiger partial charge on any atom is 0.254 e. The largest absolute Gasteiger partial charge is 0.328 e. The van der Waals surface area contributed by atoms with Crippen molar-refractivity contribution in [1.29, 1.82) is 0 Å². The van der Waals surface area contributed by atoms with Gasteiger partial charge in [-0.3, -0.25) is 14.5 Å². The molecule has 1 fully saturated rings. The van der Waals surface area contributed by atoms with E-state index in [0.717, 1.165) is 12.1 Å². The molecule has 1 unspecified atom stereocenters. The fraction of sp³-hybridized carbons (Fsp3) is 0.435. The number of hydrogen-bond acceptors (Lipinski definition) is 6. The standard InChI is InChI=1S/C23H25FN6O2S/c1-13-17-18(30-10-9-23(3,4)22(30)32)26-19(20-25-14(2)27-33-20)29(17)12-11-28(13)21(31)15-5-7-16(24)8-6-15/h5-8,13H,9-12H2,1-4H3. The Labute approximate surface area is 195 Å². The van der Waals surface area contributed by atoms with E-state index in [1.54, 1.807) is 9.80 Å². The van der Waals surface area contributed by atoms with E-state index in [1.165, 1.54) is 35.8 Å². The summed E-state index contributed by atoms with van der Waals surface area (Å²) in [5.74, 6) is 1.39. The van der Waals surface area contributed by atoms with Gasteiger partial charge >= 0.3 is 0 Å². The van der Waals surface area contributed by atoms with E-state index in [1.807, 2.05) is 27.7 Å². The Morgan fingerprint density at radius 1 is 1.15 bits per heavy atom. The molecule has 0 spiro atoms. The summed E-state index contributed by atoms with van der Waals surface area (Å²) < 4.78 is 19.7. The van der Waals surface area contributed by atoms with Gasteiger partial charge in [-0.25, -0.2) is 14.4 Å². The highest BCUT2D eigenvalue weighted by atomic mass is 32.1. The van der Waals surface area contributed by atoms with Gasteiger partial charge in [0.25, 0.3) is 5.91 Å². The lowest BCUT2D eigenvalue weighted by Crippen LogP contribution is -2.42. The van der Waals surface area contributed by atoms with Gasteiger partial charge in [-0.15, -0.1) is 0 Å². The molecule has 2 aliphatic heterocycles. The number of nitrogens with zero attached hydrogens (tertiary/aromatic N) is 6. The molecule has 2 aliphatic rings. The third-order valence-electron chi connectivity index (χ3n) is 6.53. The Kier molecular flexibility index (Phi) is 5.08. The molecule has 3 aromatic rings. The highest BCUT2D eigenvalue weighted by Crippen LogP contribution is 2.42. The number of carbonyl (C=O) groups excluding carboxylic acids is 2. The highest BCUT2D eigenvalue weighted by Gasteiger charge is 2.44. The third kappa shape index (κ3) is 3.52. The number of imidazole rings is 1. The van der Waals surface area contributed by atoms with Crippen molar-refractivity contribution >= 4 is 29.2 Å². The summed E-state index contributed by atoms with van der Waals surface area (Å²) in [4.78, 5) is 39.4. The second-order valence-electron chi connectivity index (χ2n) is 9.21. The summed E-state index contributed by atoms with van der Waals surface area (Å²) in [5, 5.41) is 0.691. The zero-order valence-corrected chi connectivity index (χ0v) is 19.8. The van der Waals surface area contributed by atoms with E-state index in [-0.39, 0.29) is 23.7 Å². The second-order valence-corrected chi connectivity index (χ2v) is 9.97. The van der Waals surface area contributed by atoms with Crippen LogP contribution in [-0.2, 0) is 11.3 Å². The minimum absolute atomic E-state index is 0.0255. The van der Waals surface area contributed by atoms with Crippen LogP contribution in [0.15, 0.2) is 24.3 Å². The number of fused-ring (bicyclic) bond motifs is 1. The van der Waals surface area contributed by atoms with Crippen molar-refractivity contribution < 1.29 is 14.0 Å². The van der Waals surface area contributed by atoms with E-state index in [2.05, 4.69) is 13.9 Å². The van der Waals surface area contributed by atoms with Gasteiger partial charge in [0.1, 0.15) is 11.6 Å². The normalized spacial score (nSPS) is 19.8. The Balaban J connectivity index is 1.59. The third-order valence-corrected chi connectivity index (χ3v) is 7.33. The smallest absolute Gasteiger partial charge is 0.254 e. The predicted octanol–water partition coefficient (Wildman–Crippen LogP) is 3.83. The maximum atomic E-state index is 13.4. The lowest BCUT2D eigenvalue weighted by atomic mass is 9.92. The molecule has 2 amide bonds. The lowest BCUT2D eigenvalue weighted by molar-refractivity contribution is -0.124. The molecule has 0 N–H and O–H groups in total. The molecule has 172 valence electrons. The molecule has 10 heteroatoms. The number of benzene rings is 1. The van der Waals surface area contributed by atoms with Crippen LogP contribution in [-0.4, -0.2) is 48.7 Å². The quantitative estimate of drug-likeness (QED) is 0.583. The molecule has 33 heavy (non-hydrogen) atoms. The number of hydrogen-bond donors (Lipinski definition) is 0. The van der Waals surface area contributed by atoms with Crippen molar-refractivity contribution in [3.05, 3.63) is 47.2 Å². The van der Waals surface area contributed by atoms with Crippen LogP contribution in [0.3, 0.4) is 0 Å². The van der Waals surface area contributed by atoms with Crippen LogP contribution in [0.2, 0.25) is 0 Å². The summed E-state index contributed by atoms with van der Waals surface area (Å²) in [6.07, 6.45) is 0.734. The van der Waals surface area contributed by atoms with Crippen LogP contribution in [0.1, 0.15) is 55.1 Å². The molecule has 8 nitrogen and oxygen atoms in total. The zero-order chi connectivity index (χ0) is 23.5. The predicted molar refractivity (Wildman–Crippen MR) is 122 cm³/mol. The molecule has 1 saturated heterocycles. The lowest BCUT2D eigenvalue weighted by Gasteiger charge is -2.36. The first-order chi connectivity index (χ1) is 15.7. The first-order valence-electron chi connectivity index (χ1n) is 11.0. The topological polar surface area (TPSA) is 84.2 Å². The van der Waals surface area contributed by atoms with E-state index in [4.69, 9.17) is 4.98 Å². The van der Waals surface area contributed by atoms with E-state index in [0.29, 0.717) is 47.7 Å². The Bertz CT molecular complexity index is 1250. The van der Waals surface area contributed by atoms with Crippen molar-refractivity contribution in [1.82, 2.24) is 23.8 Å². The van der Waals surface area contributed by atoms with Gasteiger partial charge in [-0.2, -0.15) is 4.37 Å². The SMILES string of the molecule is Cc1nsc(-c2nc(N3CCC(C)(C)C3=O)c3n2CCN(C(=O)c2ccc(F)cc2)C3C)n1.